The predicted octanol–water partition coefficient (Wildman–Crippen LogP) is 8.06. The third-order valence-corrected chi connectivity index (χ3v) is 7.22. The molecule has 1 aromatic carbocycles. The molecule has 0 bridgehead atoms. The van der Waals surface area contributed by atoms with Gasteiger partial charge in [-0.2, -0.15) is 5.26 Å². The minimum Gasteiger partial charge on any atom is -0.205 e. The van der Waals surface area contributed by atoms with Gasteiger partial charge in [-0.3, -0.25) is 0 Å². The van der Waals surface area contributed by atoms with Gasteiger partial charge in [0, 0.05) is 5.92 Å². The number of halogens is 2. The Morgan fingerprint density at radius 3 is 2.26 bits per heavy atom. The summed E-state index contributed by atoms with van der Waals surface area (Å²) in [5.74, 6) is 7.29. The standard InChI is InChI=1S/C28H35F2N/c1-2-3-4-7-21-10-12-22(13-11-21)8-5-6-9-23-14-16-24(17-15-23)25-18-27(29)26(20-31)28(30)19-25/h5,8,18-19,21-24H,2-4,7,10-17H2,1H3/b8-5+. The van der Waals surface area contributed by atoms with Crippen molar-refractivity contribution < 1.29 is 8.78 Å². The van der Waals surface area contributed by atoms with Crippen molar-refractivity contribution in [2.45, 2.75) is 89.9 Å². The minimum atomic E-state index is -0.750. The van der Waals surface area contributed by atoms with E-state index >= 15 is 0 Å². The van der Waals surface area contributed by atoms with Gasteiger partial charge < -0.3 is 0 Å². The van der Waals surface area contributed by atoms with E-state index in [1.54, 1.807) is 6.07 Å². The van der Waals surface area contributed by atoms with E-state index in [1.165, 1.54) is 63.5 Å². The van der Waals surface area contributed by atoms with E-state index in [-0.39, 0.29) is 5.92 Å². The number of hydrogen-bond acceptors (Lipinski definition) is 1. The molecular weight excluding hydrogens is 388 g/mol. The molecule has 2 fully saturated rings. The maximum atomic E-state index is 13.9. The number of rotatable bonds is 6. The quantitative estimate of drug-likeness (QED) is 0.335. The molecule has 0 atom stereocenters. The number of unbranched alkanes of at least 4 members (excludes halogenated alkanes) is 2. The van der Waals surface area contributed by atoms with Crippen LogP contribution in [0.4, 0.5) is 8.78 Å². The zero-order valence-electron chi connectivity index (χ0n) is 18.8. The third-order valence-electron chi connectivity index (χ3n) is 7.22. The first kappa shape index (κ1) is 23.5. The van der Waals surface area contributed by atoms with Crippen molar-refractivity contribution in [2.24, 2.45) is 17.8 Å². The summed E-state index contributed by atoms with van der Waals surface area (Å²) in [5.41, 5.74) is 0.186. The van der Waals surface area contributed by atoms with Crippen LogP contribution in [0.5, 0.6) is 0 Å². The lowest BCUT2D eigenvalue weighted by atomic mass is 9.78. The minimum absolute atomic E-state index is 0.151. The van der Waals surface area contributed by atoms with E-state index in [2.05, 4.69) is 30.9 Å². The highest BCUT2D eigenvalue weighted by atomic mass is 19.1. The van der Waals surface area contributed by atoms with Crippen LogP contribution in [0.25, 0.3) is 0 Å². The molecular formula is C28H35F2N. The number of nitriles is 1. The van der Waals surface area contributed by atoms with Crippen LogP contribution in [-0.2, 0) is 0 Å². The Labute approximate surface area is 186 Å². The summed E-state index contributed by atoms with van der Waals surface area (Å²) in [4.78, 5) is 0. The molecule has 0 N–H and O–H groups in total. The van der Waals surface area contributed by atoms with Crippen molar-refractivity contribution in [1.82, 2.24) is 0 Å². The molecule has 0 saturated heterocycles. The Kier molecular flexibility index (Phi) is 9.14. The lowest BCUT2D eigenvalue weighted by Gasteiger charge is -2.26. The summed E-state index contributed by atoms with van der Waals surface area (Å²) in [6, 6.07) is 4.26. The van der Waals surface area contributed by atoms with Crippen molar-refractivity contribution >= 4 is 0 Å². The summed E-state index contributed by atoms with van der Waals surface area (Å²) >= 11 is 0. The number of allylic oxidation sites excluding steroid dienone is 2. The van der Waals surface area contributed by atoms with Crippen molar-refractivity contribution in [1.29, 1.82) is 5.26 Å². The zero-order valence-corrected chi connectivity index (χ0v) is 18.8. The van der Waals surface area contributed by atoms with Crippen LogP contribution in [0.3, 0.4) is 0 Å². The largest absolute Gasteiger partial charge is 0.205 e. The fraction of sp³-hybridized carbons (Fsp3) is 0.607. The van der Waals surface area contributed by atoms with Crippen LogP contribution in [0.15, 0.2) is 24.3 Å². The monoisotopic (exact) mass is 423 g/mol. The van der Waals surface area contributed by atoms with Gasteiger partial charge in [0.25, 0.3) is 0 Å². The molecule has 0 aliphatic heterocycles. The van der Waals surface area contributed by atoms with Crippen LogP contribution in [0, 0.1) is 52.6 Å². The molecule has 1 aromatic rings. The lowest BCUT2D eigenvalue weighted by Crippen LogP contribution is -2.13. The first-order valence-corrected chi connectivity index (χ1v) is 12.2. The van der Waals surface area contributed by atoms with Gasteiger partial charge >= 0.3 is 0 Å². The summed E-state index contributed by atoms with van der Waals surface area (Å²) in [6.45, 7) is 2.27. The van der Waals surface area contributed by atoms with E-state index in [1.807, 2.05) is 0 Å². The van der Waals surface area contributed by atoms with Gasteiger partial charge in [-0.15, -0.1) is 0 Å². The molecule has 0 radical (unpaired) electrons. The third kappa shape index (κ3) is 6.93. The SMILES string of the molecule is CCCCCC1CCC(/C=C/C#CC2CCC(c3cc(F)c(C#N)c(F)c3)CC2)CC1. The fourth-order valence-corrected chi connectivity index (χ4v) is 5.21. The molecule has 0 heterocycles. The molecule has 3 heteroatoms. The van der Waals surface area contributed by atoms with Crippen LogP contribution in [0.2, 0.25) is 0 Å². The molecule has 0 unspecified atom stereocenters. The Hall–Kier alpha value is -2.13. The summed E-state index contributed by atoms with van der Waals surface area (Å²) in [6.07, 6.45) is 18.9. The van der Waals surface area contributed by atoms with Crippen molar-refractivity contribution in [2.75, 3.05) is 0 Å². The highest BCUT2D eigenvalue weighted by molar-refractivity contribution is 5.36. The maximum Gasteiger partial charge on any atom is 0.144 e. The molecule has 1 nitrogen and oxygen atoms in total. The normalized spacial score (nSPS) is 26.3. The average Bonchev–Trinajstić information content (AvgIpc) is 2.78. The van der Waals surface area contributed by atoms with Crippen molar-refractivity contribution in [3.63, 3.8) is 0 Å². The first-order chi connectivity index (χ1) is 15.1. The van der Waals surface area contributed by atoms with Crippen LogP contribution < -0.4 is 0 Å². The van der Waals surface area contributed by atoms with Gasteiger partial charge in [0.05, 0.1) is 0 Å². The van der Waals surface area contributed by atoms with E-state index < -0.39 is 17.2 Å². The lowest BCUT2D eigenvalue weighted by molar-refractivity contribution is 0.289. The molecule has 0 spiro atoms. The zero-order chi connectivity index (χ0) is 22.1. The van der Waals surface area contributed by atoms with Gasteiger partial charge in [-0.1, -0.05) is 50.5 Å². The summed E-state index contributed by atoms with van der Waals surface area (Å²) < 4.78 is 27.8. The van der Waals surface area contributed by atoms with Crippen LogP contribution in [-0.4, -0.2) is 0 Å². The molecule has 3 rings (SSSR count). The Morgan fingerprint density at radius 1 is 0.968 bits per heavy atom. The van der Waals surface area contributed by atoms with E-state index in [0.717, 1.165) is 31.6 Å². The Bertz CT molecular complexity index is 815. The smallest absolute Gasteiger partial charge is 0.144 e. The highest BCUT2D eigenvalue weighted by Crippen LogP contribution is 2.36. The van der Waals surface area contributed by atoms with Gasteiger partial charge in [0.1, 0.15) is 23.3 Å². The number of hydrogen-bond donors (Lipinski definition) is 0. The molecule has 0 aromatic heterocycles. The fourth-order valence-electron chi connectivity index (χ4n) is 5.21. The average molecular weight is 424 g/mol. The van der Waals surface area contributed by atoms with Crippen LogP contribution in [0.1, 0.15) is 101 Å². The molecule has 0 amide bonds. The first-order valence-electron chi connectivity index (χ1n) is 12.2. The van der Waals surface area contributed by atoms with Gasteiger partial charge in [0.15, 0.2) is 0 Å². The van der Waals surface area contributed by atoms with Gasteiger partial charge in [-0.25, -0.2) is 8.78 Å². The van der Waals surface area contributed by atoms with Gasteiger partial charge in [0.2, 0.25) is 0 Å². The molecule has 166 valence electrons. The molecule has 2 aliphatic carbocycles. The number of benzene rings is 1. The maximum absolute atomic E-state index is 13.9. The van der Waals surface area contributed by atoms with E-state index in [9.17, 15) is 8.78 Å². The molecule has 31 heavy (non-hydrogen) atoms. The molecule has 2 aliphatic rings. The van der Waals surface area contributed by atoms with E-state index in [0.29, 0.717) is 17.4 Å². The van der Waals surface area contributed by atoms with Crippen LogP contribution >= 0.6 is 0 Å². The topological polar surface area (TPSA) is 23.8 Å². The highest BCUT2D eigenvalue weighted by Gasteiger charge is 2.23. The van der Waals surface area contributed by atoms with Crippen molar-refractivity contribution in [3.8, 4) is 17.9 Å². The second kappa shape index (κ2) is 12.0. The van der Waals surface area contributed by atoms with Crippen molar-refractivity contribution in [3.05, 3.63) is 47.0 Å². The van der Waals surface area contributed by atoms with E-state index in [4.69, 9.17) is 5.26 Å². The molecule has 2 saturated carbocycles. The van der Waals surface area contributed by atoms with Gasteiger partial charge in [-0.05, 0) is 92.9 Å². The summed E-state index contributed by atoms with van der Waals surface area (Å²) in [7, 11) is 0. The summed E-state index contributed by atoms with van der Waals surface area (Å²) in [5, 5.41) is 8.82. The predicted molar refractivity (Wildman–Crippen MR) is 122 cm³/mol. The second-order valence-electron chi connectivity index (χ2n) is 9.44. The Morgan fingerprint density at radius 2 is 1.65 bits per heavy atom. The number of nitrogens with zero attached hydrogens (tertiary/aromatic N) is 1. The second-order valence-corrected chi connectivity index (χ2v) is 9.44. The Balaban J connectivity index is 1.41.